The number of carbonyl (C=O) groups excluding carboxylic acids is 2. The zero-order chi connectivity index (χ0) is 13.1. The molecular weight excluding hydrogens is 228 g/mol. The maximum Gasteiger partial charge on any atom is 0.255 e. The molecule has 0 aliphatic heterocycles. The molecule has 0 aromatic heterocycles. The van der Waals surface area contributed by atoms with Gasteiger partial charge >= 0.3 is 0 Å². The van der Waals surface area contributed by atoms with E-state index in [0.29, 0.717) is 11.3 Å². The van der Waals surface area contributed by atoms with Gasteiger partial charge in [0.15, 0.2) is 0 Å². The second-order valence-electron chi connectivity index (χ2n) is 4.86. The van der Waals surface area contributed by atoms with Crippen molar-refractivity contribution in [2.45, 2.75) is 19.3 Å². The Balaban J connectivity index is 2.16. The molecule has 0 saturated heterocycles. The van der Waals surface area contributed by atoms with Crippen LogP contribution in [0.1, 0.15) is 29.6 Å². The van der Waals surface area contributed by atoms with Gasteiger partial charge in [-0.2, -0.15) is 0 Å². The molecular formula is C14H18N2O2. The molecule has 0 atom stereocenters. The van der Waals surface area contributed by atoms with Gasteiger partial charge in [0.2, 0.25) is 5.91 Å². The maximum atomic E-state index is 12.0. The molecule has 0 bridgehead atoms. The lowest BCUT2D eigenvalue weighted by Crippen LogP contribution is -2.29. The van der Waals surface area contributed by atoms with Crippen molar-refractivity contribution in [1.82, 2.24) is 4.90 Å². The molecule has 1 aliphatic carbocycles. The van der Waals surface area contributed by atoms with E-state index >= 15 is 0 Å². The molecule has 1 fully saturated rings. The van der Waals surface area contributed by atoms with Gasteiger partial charge in [0.25, 0.3) is 5.91 Å². The number of hydrogen-bond donors (Lipinski definition) is 1. The topological polar surface area (TPSA) is 49.4 Å². The molecule has 4 heteroatoms. The minimum Gasteiger partial charge on any atom is -0.345 e. The summed E-state index contributed by atoms with van der Waals surface area (Å²) in [5.74, 6) is 0.0484. The Morgan fingerprint density at radius 2 is 1.89 bits per heavy atom. The number of rotatable bonds is 3. The number of anilines is 1. The summed E-state index contributed by atoms with van der Waals surface area (Å²) in [5, 5.41) is 2.86. The minimum absolute atomic E-state index is 0.0280. The molecule has 4 nitrogen and oxygen atoms in total. The van der Waals surface area contributed by atoms with Gasteiger partial charge in [-0.05, 0) is 25.0 Å². The molecule has 0 heterocycles. The van der Waals surface area contributed by atoms with Gasteiger partial charge in [-0.25, -0.2) is 0 Å². The lowest BCUT2D eigenvalue weighted by atomic mass is 9.85. The third kappa shape index (κ3) is 2.53. The van der Waals surface area contributed by atoms with Crippen molar-refractivity contribution in [2.75, 3.05) is 19.4 Å². The van der Waals surface area contributed by atoms with E-state index in [4.69, 9.17) is 0 Å². The Morgan fingerprint density at radius 1 is 1.22 bits per heavy atom. The van der Waals surface area contributed by atoms with E-state index in [-0.39, 0.29) is 17.7 Å². The predicted molar refractivity (Wildman–Crippen MR) is 70.4 cm³/mol. The van der Waals surface area contributed by atoms with E-state index in [1.807, 2.05) is 6.07 Å². The standard InChI is InChI=1S/C14H18N2O2/c1-16(2)14(18)11-8-3-4-9-12(11)15-13(17)10-6-5-7-10/h3-4,8-10H,5-7H2,1-2H3,(H,15,17). The summed E-state index contributed by atoms with van der Waals surface area (Å²) in [7, 11) is 3.40. The lowest BCUT2D eigenvalue weighted by Gasteiger charge is -2.24. The molecule has 1 aromatic rings. The van der Waals surface area contributed by atoms with Crippen molar-refractivity contribution in [3.63, 3.8) is 0 Å². The number of carbonyl (C=O) groups is 2. The van der Waals surface area contributed by atoms with Crippen LogP contribution in [-0.2, 0) is 4.79 Å². The molecule has 18 heavy (non-hydrogen) atoms. The lowest BCUT2D eigenvalue weighted by molar-refractivity contribution is -0.122. The van der Waals surface area contributed by atoms with Crippen molar-refractivity contribution in [2.24, 2.45) is 5.92 Å². The molecule has 1 aliphatic rings. The highest BCUT2D eigenvalue weighted by Crippen LogP contribution is 2.28. The number of nitrogens with zero attached hydrogens (tertiary/aromatic N) is 1. The largest absolute Gasteiger partial charge is 0.345 e. The van der Waals surface area contributed by atoms with Gasteiger partial charge in [-0.1, -0.05) is 18.6 Å². The first-order valence-corrected chi connectivity index (χ1v) is 6.21. The number of amides is 2. The van der Waals surface area contributed by atoms with Crippen molar-refractivity contribution in [1.29, 1.82) is 0 Å². The minimum atomic E-state index is -0.0977. The number of nitrogens with one attached hydrogen (secondary N) is 1. The Morgan fingerprint density at radius 3 is 2.44 bits per heavy atom. The second-order valence-corrected chi connectivity index (χ2v) is 4.86. The average molecular weight is 246 g/mol. The van der Waals surface area contributed by atoms with E-state index in [0.717, 1.165) is 19.3 Å². The molecule has 2 amide bonds. The third-order valence-corrected chi connectivity index (χ3v) is 3.30. The van der Waals surface area contributed by atoms with Crippen molar-refractivity contribution in [3.05, 3.63) is 29.8 Å². The summed E-state index contributed by atoms with van der Waals surface area (Å²) < 4.78 is 0. The van der Waals surface area contributed by atoms with E-state index in [9.17, 15) is 9.59 Å². The summed E-state index contributed by atoms with van der Waals surface area (Å²) in [5.41, 5.74) is 1.14. The van der Waals surface area contributed by atoms with Crippen LogP contribution in [0, 0.1) is 5.92 Å². The number of hydrogen-bond acceptors (Lipinski definition) is 2. The smallest absolute Gasteiger partial charge is 0.255 e. The summed E-state index contributed by atoms with van der Waals surface area (Å²) in [6.07, 6.45) is 3.03. The highest BCUT2D eigenvalue weighted by atomic mass is 16.2. The van der Waals surface area contributed by atoms with Gasteiger partial charge in [0.05, 0.1) is 11.3 Å². The maximum absolute atomic E-state index is 12.0. The monoisotopic (exact) mass is 246 g/mol. The zero-order valence-corrected chi connectivity index (χ0v) is 10.8. The first-order valence-electron chi connectivity index (χ1n) is 6.21. The van der Waals surface area contributed by atoms with Crippen LogP contribution in [0.4, 0.5) is 5.69 Å². The molecule has 1 saturated carbocycles. The molecule has 1 N–H and O–H groups in total. The summed E-state index contributed by atoms with van der Waals surface area (Å²) >= 11 is 0. The van der Waals surface area contributed by atoms with E-state index < -0.39 is 0 Å². The Hall–Kier alpha value is -1.84. The second kappa shape index (κ2) is 5.21. The summed E-state index contributed by atoms with van der Waals surface area (Å²) in [6.45, 7) is 0. The highest BCUT2D eigenvalue weighted by molar-refractivity contribution is 6.04. The molecule has 1 aromatic carbocycles. The van der Waals surface area contributed by atoms with E-state index in [1.165, 1.54) is 4.90 Å². The van der Waals surface area contributed by atoms with E-state index in [1.54, 1.807) is 32.3 Å². The van der Waals surface area contributed by atoms with Crippen LogP contribution in [0.3, 0.4) is 0 Å². The van der Waals surface area contributed by atoms with E-state index in [2.05, 4.69) is 5.32 Å². The quantitative estimate of drug-likeness (QED) is 0.888. The van der Waals surface area contributed by atoms with Crippen LogP contribution >= 0.6 is 0 Å². The van der Waals surface area contributed by atoms with Crippen LogP contribution in [0.25, 0.3) is 0 Å². The normalized spacial score (nSPS) is 14.8. The fourth-order valence-corrected chi connectivity index (χ4v) is 1.92. The third-order valence-electron chi connectivity index (χ3n) is 3.30. The van der Waals surface area contributed by atoms with Gasteiger partial charge in [0.1, 0.15) is 0 Å². The first kappa shape index (κ1) is 12.6. The summed E-state index contributed by atoms with van der Waals surface area (Å²) in [6, 6.07) is 7.13. The van der Waals surface area contributed by atoms with Gasteiger partial charge in [-0.3, -0.25) is 9.59 Å². The molecule has 0 radical (unpaired) electrons. The fraction of sp³-hybridized carbons (Fsp3) is 0.429. The van der Waals surface area contributed by atoms with Crippen molar-refractivity contribution < 1.29 is 9.59 Å². The Labute approximate surface area is 107 Å². The fourth-order valence-electron chi connectivity index (χ4n) is 1.92. The molecule has 2 rings (SSSR count). The van der Waals surface area contributed by atoms with Crippen LogP contribution in [0.2, 0.25) is 0 Å². The van der Waals surface area contributed by atoms with Crippen LogP contribution in [0.5, 0.6) is 0 Å². The van der Waals surface area contributed by atoms with Gasteiger partial charge in [0, 0.05) is 20.0 Å². The van der Waals surface area contributed by atoms with Crippen molar-refractivity contribution in [3.8, 4) is 0 Å². The van der Waals surface area contributed by atoms with Crippen molar-refractivity contribution >= 4 is 17.5 Å². The predicted octanol–water partition coefficient (Wildman–Crippen LogP) is 2.13. The molecule has 96 valence electrons. The average Bonchev–Trinajstić information content (AvgIpc) is 2.26. The van der Waals surface area contributed by atoms with Crippen LogP contribution in [-0.4, -0.2) is 30.8 Å². The van der Waals surface area contributed by atoms with Crippen LogP contribution in [0.15, 0.2) is 24.3 Å². The number of para-hydroxylation sites is 1. The summed E-state index contributed by atoms with van der Waals surface area (Å²) in [4.78, 5) is 25.4. The number of benzene rings is 1. The van der Waals surface area contributed by atoms with Gasteiger partial charge < -0.3 is 10.2 Å². The highest BCUT2D eigenvalue weighted by Gasteiger charge is 2.26. The Bertz CT molecular complexity index is 465. The van der Waals surface area contributed by atoms with Crippen LogP contribution < -0.4 is 5.32 Å². The SMILES string of the molecule is CN(C)C(=O)c1ccccc1NC(=O)C1CCC1. The molecule has 0 spiro atoms. The first-order chi connectivity index (χ1) is 8.59. The molecule has 0 unspecified atom stereocenters. The zero-order valence-electron chi connectivity index (χ0n) is 10.8. The Kier molecular flexibility index (Phi) is 3.65. The van der Waals surface area contributed by atoms with Gasteiger partial charge in [-0.15, -0.1) is 0 Å².